The van der Waals surface area contributed by atoms with E-state index in [1.807, 2.05) is 49.6 Å². The standard InChI is InChI=1S/C20H31N5O/c1-4-21-20(23-11-10-18(26)17-8-6-5-7-9-17)24-14-19-22-12-13-25(19)15-16(2)3/h5-9,12-13,16,18,26H,4,10-11,14-15H2,1-3H3,(H2,21,23,24). The van der Waals surface area contributed by atoms with Gasteiger partial charge < -0.3 is 20.3 Å². The highest BCUT2D eigenvalue weighted by atomic mass is 16.3. The lowest BCUT2D eigenvalue weighted by Gasteiger charge is -2.15. The average molecular weight is 358 g/mol. The molecule has 2 aromatic rings. The number of benzene rings is 1. The number of rotatable bonds is 9. The smallest absolute Gasteiger partial charge is 0.191 e. The molecule has 0 aliphatic rings. The Morgan fingerprint density at radius 2 is 2.00 bits per heavy atom. The van der Waals surface area contributed by atoms with Crippen LogP contribution in [0.25, 0.3) is 0 Å². The van der Waals surface area contributed by atoms with Crippen molar-refractivity contribution in [2.24, 2.45) is 10.9 Å². The zero-order valence-corrected chi connectivity index (χ0v) is 16.0. The van der Waals surface area contributed by atoms with Crippen LogP contribution in [-0.2, 0) is 13.1 Å². The fourth-order valence-corrected chi connectivity index (χ4v) is 2.71. The van der Waals surface area contributed by atoms with Gasteiger partial charge in [-0.05, 0) is 24.8 Å². The van der Waals surface area contributed by atoms with E-state index in [2.05, 4.69) is 39.0 Å². The van der Waals surface area contributed by atoms with Crippen molar-refractivity contribution in [2.45, 2.75) is 46.4 Å². The normalized spacial score (nSPS) is 13.0. The van der Waals surface area contributed by atoms with Gasteiger partial charge in [0.25, 0.3) is 0 Å². The molecule has 1 atom stereocenters. The second kappa shape index (κ2) is 10.6. The van der Waals surface area contributed by atoms with E-state index in [1.54, 1.807) is 0 Å². The molecule has 6 nitrogen and oxygen atoms in total. The molecule has 0 aliphatic carbocycles. The maximum Gasteiger partial charge on any atom is 0.191 e. The van der Waals surface area contributed by atoms with Crippen LogP contribution in [0, 0.1) is 5.92 Å². The maximum atomic E-state index is 10.3. The Kier molecular flexibility index (Phi) is 8.15. The van der Waals surface area contributed by atoms with Crippen molar-refractivity contribution < 1.29 is 5.11 Å². The van der Waals surface area contributed by atoms with Crippen molar-refractivity contribution >= 4 is 5.96 Å². The van der Waals surface area contributed by atoms with E-state index in [1.165, 1.54) is 0 Å². The maximum absolute atomic E-state index is 10.3. The fraction of sp³-hybridized carbons (Fsp3) is 0.500. The van der Waals surface area contributed by atoms with E-state index in [-0.39, 0.29) is 0 Å². The summed E-state index contributed by atoms with van der Waals surface area (Å²) >= 11 is 0. The summed E-state index contributed by atoms with van der Waals surface area (Å²) in [6.45, 7) is 9.31. The molecule has 2 rings (SSSR count). The Labute approximate surface area is 156 Å². The number of guanidine groups is 1. The molecule has 1 heterocycles. The van der Waals surface area contributed by atoms with Gasteiger partial charge in [-0.25, -0.2) is 9.98 Å². The summed E-state index contributed by atoms with van der Waals surface area (Å²) < 4.78 is 2.15. The number of imidazole rings is 1. The molecule has 1 aromatic carbocycles. The molecule has 3 N–H and O–H groups in total. The van der Waals surface area contributed by atoms with E-state index >= 15 is 0 Å². The van der Waals surface area contributed by atoms with Gasteiger partial charge in [-0.3, -0.25) is 0 Å². The van der Waals surface area contributed by atoms with Crippen LogP contribution < -0.4 is 10.6 Å². The lowest BCUT2D eigenvalue weighted by Crippen LogP contribution is -2.38. The first kappa shape index (κ1) is 20.0. The average Bonchev–Trinajstić information content (AvgIpc) is 3.06. The largest absolute Gasteiger partial charge is 0.388 e. The second-order valence-corrected chi connectivity index (χ2v) is 6.73. The Morgan fingerprint density at radius 3 is 2.69 bits per heavy atom. The van der Waals surface area contributed by atoms with E-state index in [0.717, 1.165) is 30.4 Å². The minimum atomic E-state index is -0.475. The van der Waals surface area contributed by atoms with Crippen molar-refractivity contribution in [1.29, 1.82) is 0 Å². The molecule has 6 heteroatoms. The number of hydrogen-bond donors (Lipinski definition) is 3. The lowest BCUT2D eigenvalue weighted by atomic mass is 10.1. The van der Waals surface area contributed by atoms with Crippen molar-refractivity contribution in [1.82, 2.24) is 20.2 Å². The minimum absolute atomic E-state index is 0.475. The van der Waals surface area contributed by atoms with E-state index in [0.29, 0.717) is 25.4 Å². The molecule has 142 valence electrons. The van der Waals surface area contributed by atoms with Crippen LogP contribution in [0.3, 0.4) is 0 Å². The molecular formula is C20H31N5O. The van der Waals surface area contributed by atoms with Crippen molar-refractivity contribution in [3.05, 3.63) is 54.1 Å². The van der Waals surface area contributed by atoms with Crippen LogP contribution in [0.5, 0.6) is 0 Å². The molecule has 0 fully saturated rings. The van der Waals surface area contributed by atoms with Gasteiger partial charge in [0.1, 0.15) is 12.4 Å². The highest BCUT2D eigenvalue weighted by Crippen LogP contribution is 2.14. The number of aliphatic hydroxyl groups is 1. The Morgan fingerprint density at radius 1 is 1.23 bits per heavy atom. The van der Waals surface area contributed by atoms with Gasteiger partial charge in [0.2, 0.25) is 0 Å². The predicted molar refractivity (Wildman–Crippen MR) is 106 cm³/mol. The zero-order valence-electron chi connectivity index (χ0n) is 16.0. The number of nitrogens with one attached hydrogen (secondary N) is 2. The van der Waals surface area contributed by atoms with Crippen LogP contribution in [0.4, 0.5) is 0 Å². The Bertz CT molecular complexity index is 666. The number of nitrogens with zero attached hydrogens (tertiary/aromatic N) is 3. The van der Waals surface area contributed by atoms with E-state index in [9.17, 15) is 5.11 Å². The van der Waals surface area contributed by atoms with Gasteiger partial charge in [-0.2, -0.15) is 0 Å². The molecule has 0 aliphatic heterocycles. The summed E-state index contributed by atoms with van der Waals surface area (Å²) in [5.74, 6) is 2.27. The summed E-state index contributed by atoms with van der Waals surface area (Å²) in [5, 5.41) is 16.8. The van der Waals surface area contributed by atoms with E-state index in [4.69, 9.17) is 0 Å². The number of aromatic nitrogens is 2. The molecule has 0 bridgehead atoms. The van der Waals surface area contributed by atoms with Crippen molar-refractivity contribution in [2.75, 3.05) is 13.1 Å². The first-order chi connectivity index (χ1) is 12.6. The second-order valence-electron chi connectivity index (χ2n) is 6.73. The topological polar surface area (TPSA) is 74.5 Å². The van der Waals surface area contributed by atoms with Gasteiger partial charge in [0, 0.05) is 32.0 Å². The first-order valence-corrected chi connectivity index (χ1v) is 9.35. The van der Waals surface area contributed by atoms with Crippen molar-refractivity contribution in [3.8, 4) is 0 Å². The molecule has 0 amide bonds. The summed E-state index contributed by atoms with van der Waals surface area (Å²) in [6.07, 6.45) is 3.97. The molecule has 0 radical (unpaired) electrons. The van der Waals surface area contributed by atoms with Crippen molar-refractivity contribution in [3.63, 3.8) is 0 Å². The lowest BCUT2D eigenvalue weighted by molar-refractivity contribution is 0.168. The van der Waals surface area contributed by atoms with Crippen LogP contribution >= 0.6 is 0 Å². The Hall–Kier alpha value is -2.34. The van der Waals surface area contributed by atoms with Crippen LogP contribution in [0.15, 0.2) is 47.7 Å². The zero-order chi connectivity index (χ0) is 18.8. The quantitative estimate of drug-likeness (QED) is 0.476. The third-order valence-corrected chi connectivity index (χ3v) is 3.98. The van der Waals surface area contributed by atoms with Crippen LogP contribution in [0.2, 0.25) is 0 Å². The SMILES string of the molecule is CCNC(=NCc1nccn1CC(C)C)NCCC(O)c1ccccc1. The molecule has 26 heavy (non-hydrogen) atoms. The molecule has 1 aromatic heterocycles. The van der Waals surface area contributed by atoms with Gasteiger partial charge in [-0.15, -0.1) is 0 Å². The highest BCUT2D eigenvalue weighted by molar-refractivity contribution is 5.79. The van der Waals surface area contributed by atoms with Gasteiger partial charge in [0.05, 0.1) is 6.10 Å². The molecule has 0 spiro atoms. The van der Waals surface area contributed by atoms with Crippen LogP contribution in [0.1, 0.15) is 44.7 Å². The first-order valence-electron chi connectivity index (χ1n) is 9.35. The van der Waals surface area contributed by atoms with Gasteiger partial charge >= 0.3 is 0 Å². The predicted octanol–water partition coefficient (Wildman–Crippen LogP) is 2.72. The number of aliphatic imine (C=N–C) groups is 1. The monoisotopic (exact) mass is 357 g/mol. The third kappa shape index (κ3) is 6.52. The molecular weight excluding hydrogens is 326 g/mol. The highest BCUT2D eigenvalue weighted by Gasteiger charge is 2.08. The van der Waals surface area contributed by atoms with Gasteiger partial charge in [-0.1, -0.05) is 44.2 Å². The fourth-order valence-electron chi connectivity index (χ4n) is 2.71. The molecule has 1 unspecified atom stereocenters. The summed E-state index contributed by atoms with van der Waals surface area (Å²) in [6, 6.07) is 9.72. The van der Waals surface area contributed by atoms with Gasteiger partial charge in [0.15, 0.2) is 5.96 Å². The van der Waals surface area contributed by atoms with Crippen LogP contribution in [-0.4, -0.2) is 33.7 Å². The number of aliphatic hydroxyl groups excluding tert-OH is 1. The molecule has 0 saturated carbocycles. The Balaban J connectivity index is 1.87. The molecule has 0 saturated heterocycles. The number of hydrogen-bond acceptors (Lipinski definition) is 3. The third-order valence-electron chi connectivity index (χ3n) is 3.98. The van der Waals surface area contributed by atoms with E-state index < -0.39 is 6.10 Å². The summed E-state index contributed by atoms with van der Waals surface area (Å²) in [5.41, 5.74) is 0.937. The minimum Gasteiger partial charge on any atom is -0.388 e. The summed E-state index contributed by atoms with van der Waals surface area (Å²) in [4.78, 5) is 9.03. The summed E-state index contributed by atoms with van der Waals surface area (Å²) in [7, 11) is 0.